The number of unbranched alkanes of at least 4 members (excludes halogenated alkanes) is 2. The van der Waals surface area contributed by atoms with Crippen LogP contribution in [0.2, 0.25) is 0 Å². The van der Waals surface area contributed by atoms with Crippen LogP contribution in [0.25, 0.3) is 0 Å². The maximum absolute atomic E-state index is 5.59. The second kappa shape index (κ2) is 6.20. The van der Waals surface area contributed by atoms with Crippen LogP contribution in [0, 0.1) is 13.8 Å². The molecule has 1 atom stereocenters. The first-order chi connectivity index (χ1) is 7.19. The summed E-state index contributed by atoms with van der Waals surface area (Å²) in [6, 6.07) is 0.280. The average Bonchev–Trinajstić information content (AvgIpc) is 2.53. The lowest BCUT2D eigenvalue weighted by Crippen LogP contribution is -2.27. The monoisotopic (exact) mass is 227 g/mol. The molecule has 15 heavy (non-hydrogen) atoms. The van der Waals surface area contributed by atoms with Crippen molar-refractivity contribution in [3.8, 4) is 0 Å². The molecule has 0 saturated heterocycles. The molecule has 86 valence electrons. The van der Waals surface area contributed by atoms with E-state index in [1.807, 2.05) is 6.92 Å². The number of aromatic nitrogens is 1. The summed E-state index contributed by atoms with van der Waals surface area (Å²) in [4.78, 5) is 5.73. The van der Waals surface area contributed by atoms with E-state index in [9.17, 15) is 0 Å². The molecule has 1 aromatic heterocycles. The normalized spacial score (nSPS) is 13.1. The van der Waals surface area contributed by atoms with Crippen LogP contribution < -0.4 is 11.3 Å². The summed E-state index contributed by atoms with van der Waals surface area (Å²) >= 11 is 1.75. The first-order valence-corrected chi connectivity index (χ1v) is 6.40. The molecule has 1 aromatic rings. The van der Waals surface area contributed by atoms with Gasteiger partial charge in [-0.05, 0) is 20.3 Å². The van der Waals surface area contributed by atoms with Crippen molar-refractivity contribution in [3.05, 3.63) is 15.6 Å². The van der Waals surface area contributed by atoms with Crippen LogP contribution in [0.1, 0.15) is 54.2 Å². The smallest absolute Gasteiger partial charge is 0.0900 e. The van der Waals surface area contributed by atoms with Crippen LogP contribution in [-0.2, 0) is 0 Å². The summed E-state index contributed by atoms with van der Waals surface area (Å²) in [6.07, 6.45) is 4.85. The lowest BCUT2D eigenvalue weighted by molar-refractivity contribution is 0.491. The largest absolute Gasteiger partial charge is 0.271 e. The summed E-state index contributed by atoms with van der Waals surface area (Å²) in [5.74, 6) is 5.59. The van der Waals surface area contributed by atoms with E-state index in [1.165, 1.54) is 24.1 Å². The van der Waals surface area contributed by atoms with Gasteiger partial charge in [0.15, 0.2) is 0 Å². The second-order valence-electron chi connectivity index (χ2n) is 3.90. The number of hydrogen-bond donors (Lipinski definition) is 2. The first kappa shape index (κ1) is 12.6. The number of aryl methyl sites for hydroxylation is 2. The standard InChI is InChI=1S/C11H21N3S/c1-4-5-6-7-10(14-12)11-8(2)13-9(3)15-11/h10,14H,4-7,12H2,1-3H3. The van der Waals surface area contributed by atoms with E-state index in [1.54, 1.807) is 11.3 Å². The molecule has 0 bridgehead atoms. The third-order valence-corrected chi connectivity index (χ3v) is 3.74. The van der Waals surface area contributed by atoms with Crippen LogP contribution in [0.5, 0.6) is 0 Å². The molecule has 0 aliphatic carbocycles. The van der Waals surface area contributed by atoms with Crippen molar-refractivity contribution in [1.29, 1.82) is 0 Å². The van der Waals surface area contributed by atoms with Crippen molar-refractivity contribution in [2.75, 3.05) is 0 Å². The minimum atomic E-state index is 0.280. The van der Waals surface area contributed by atoms with Gasteiger partial charge in [-0.3, -0.25) is 11.3 Å². The Labute approximate surface area is 96.1 Å². The summed E-state index contributed by atoms with van der Waals surface area (Å²) < 4.78 is 0. The fraction of sp³-hybridized carbons (Fsp3) is 0.727. The van der Waals surface area contributed by atoms with Gasteiger partial charge in [-0.1, -0.05) is 26.2 Å². The van der Waals surface area contributed by atoms with Gasteiger partial charge in [0.1, 0.15) is 0 Å². The molecule has 4 heteroatoms. The number of nitrogens with one attached hydrogen (secondary N) is 1. The highest BCUT2D eigenvalue weighted by Gasteiger charge is 2.15. The van der Waals surface area contributed by atoms with Crippen molar-refractivity contribution in [1.82, 2.24) is 10.4 Å². The molecule has 3 N–H and O–H groups in total. The molecule has 0 aliphatic rings. The van der Waals surface area contributed by atoms with E-state index in [4.69, 9.17) is 5.84 Å². The van der Waals surface area contributed by atoms with Crippen LogP contribution in [-0.4, -0.2) is 4.98 Å². The summed E-state index contributed by atoms with van der Waals surface area (Å²) in [5, 5.41) is 1.12. The fourth-order valence-electron chi connectivity index (χ4n) is 1.76. The van der Waals surface area contributed by atoms with Gasteiger partial charge in [0.2, 0.25) is 0 Å². The zero-order valence-corrected chi connectivity index (χ0v) is 10.7. The first-order valence-electron chi connectivity index (χ1n) is 5.59. The molecule has 0 fully saturated rings. The van der Waals surface area contributed by atoms with Crippen LogP contribution >= 0.6 is 11.3 Å². The van der Waals surface area contributed by atoms with E-state index in [0.29, 0.717) is 0 Å². The van der Waals surface area contributed by atoms with Gasteiger partial charge in [0, 0.05) is 4.88 Å². The molecule has 0 aromatic carbocycles. The molecule has 0 spiro atoms. The van der Waals surface area contributed by atoms with Crippen molar-refractivity contribution < 1.29 is 0 Å². The number of hydrogen-bond acceptors (Lipinski definition) is 4. The minimum absolute atomic E-state index is 0.280. The van der Waals surface area contributed by atoms with Crippen molar-refractivity contribution in [2.24, 2.45) is 5.84 Å². The quantitative estimate of drug-likeness (QED) is 0.446. The Bertz CT molecular complexity index is 296. The summed E-state index contributed by atoms with van der Waals surface area (Å²) in [5.41, 5.74) is 4.02. The Balaban J connectivity index is 2.61. The summed E-state index contributed by atoms with van der Waals surface area (Å²) in [7, 11) is 0. The topological polar surface area (TPSA) is 50.9 Å². The Kier molecular flexibility index (Phi) is 5.22. The number of hydrazine groups is 1. The highest BCUT2D eigenvalue weighted by atomic mass is 32.1. The van der Waals surface area contributed by atoms with E-state index in [0.717, 1.165) is 17.1 Å². The van der Waals surface area contributed by atoms with Gasteiger partial charge in [0.25, 0.3) is 0 Å². The van der Waals surface area contributed by atoms with Gasteiger partial charge >= 0.3 is 0 Å². The Morgan fingerprint density at radius 3 is 2.60 bits per heavy atom. The fourth-order valence-corrected chi connectivity index (χ4v) is 2.78. The van der Waals surface area contributed by atoms with Gasteiger partial charge in [-0.15, -0.1) is 11.3 Å². The van der Waals surface area contributed by atoms with Gasteiger partial charge in [-0.25, -0.2) is 4.98 Å². The van der Waals surface area contributed by atoms with E-state index >= 15 is 0 Å². The van der Waals surface area contributed by atoms with Crippen LogP contribution in [0.15, 0.2) is 0 Å². The minimum Gasteiger partial charge on any atom is -0.271 e. The third kappa shape index (κ3) is 3.55. The van der Waals surface area contributed by atoms with Crippen molar-refractivity contribution >= 4 is 11.3 Å². The maximum atomic E-state index is 5.59. The lowest BCUT2D eigenvalue weighted by atomic mass is 10.1. The molecule has 1 rings (SSSR count). The molecule has 0 amide bonds. The average molecular weight is 227 g/mol. The summed E-state index contributed by atoms with van der Waals surface area (Å²) in [6.45, 7) is 6.32. The highest BCUT2D eigenvalue weighted by Crippen LogP contribution is 2.27. The third-order valence-electron chi connectivity index (χ3n) is 2.55. The number of rotatable bonds is 6. The Hall–Kier alpha value is -0.450. The van der Waals surface area contributed by atoms with Crippen LogP contribution in [0.3, 0.4) is 0 Å². The van der Waals surface area contributed by atoms with Crippen molar-refractivity contribution in [3.63, 3.8) is 0 Å². The predicted octanol–water partition coefficient (Wildman–Crippen LogP) is 2.84. The Morgan fingerprint density at radius 1 is 1.40 bits per heavy atom. The van der Waals surface area contributed by atoms with Crippen LogP contribution in [0.4, 0.5) is 0 Å². The van der Waals surface area contributed by atoms with Gasteiger partial charge in [-0.2, -0.15) is 0 Å². The number of thiazole rings is 1. The lowest BCUT2D eigenvalue weighted by Gasteiger charge is -2.14. The SMILES string of the molecule is CCCCCC(NN)c1sc(C)nc1C. The molecule has 1 unspecified atom stereocenters. The van der Waals surface area contributed by atoms with E-state index in [2.05, 4.69) is 24.3 Å². The second-order valence-corrected chi connectivity index (χ2v) is 5.13. The van der Waals surface area contributed by atoms with E-state index < -0.39 is 0 Å². The van der Waals surface area contributed by atoms with Crippen molar-refractivity contribution in [2.45, 2.75) is 52.5 Å². The molecule has 0 saturated carbocycles. The van der Waals surface area contributed by atoms with Gasteiger partial charge < -0.3 is 0 Å². The molecule has 0 radical (unpaired) electrons. The van der Waals surface area contributed by atoms with Gasteiger partial charge in [0.05, 0.1) is 16.7 Å². The maximum Gasteiger partial charge on any atom is 0.0900 e. The molecule has 0 aliphatic heterocycles. The zero-order valence-electron chi connectivity index (χ0n) is 9.84. The number of nitrogens with zero attached hydrogens (tertiary/aromatic N) is 1. The molecule has 3 nitrogen and oxygen atoms in total. The molecule has 1 heterocycles. The molecular formula is C11H21N3S. The molecular weight excluding hydrogens is 206 g/mol. The highest BCUT2D eigenvalue weighted by molar-refractivity contribution is 7.11. The Morgan fingerprint density at radius 2 is 2.13 bits per heavy atom. The van der Waals surface area contributed by atoms with E-state index in [-0.39, 0.29) is 6.04 Å². The zero-order chi connectivity index (χ0) is 11.3. The number of nitrogens with two attached hydrogens (primary N) is 1. The predicted molar refractivity (Wildman–Crippen MR) is 65.8 cm³/mol.